The van der Waals surface area contributed by atoms with Crippen LogP contribution in [0.25, 0.3) is 0 Å². The van der Waals surface area contributed by atoms with Crippen molar-refractivity contribution in [3.8, 4) is 0 Å². The Morgan fingerprint density at radius 3 is 2.67 bits per heavy atom. The minimum absolute atomic E-state index is 0.114. The molecule has 4 N–H and O–H groups in total. The van der Waals surface area contributed by atoms with Gasteiger partial charge in [-0.3, -0.25) is 4.79 Å². The van der Waals surface area contributed by atoms with Gasteiger partial charge in [0.25, 0.3) is 0 Å². The van der Waals surface area contributed by atoms with E-state index in [1.807, 2.05) is 6.92 Å². The Kier molecular flexibility index (Phi) is 4.94. The number of aliphatic carboxylic acids is 1. The maximum Gasteiger partial charge on any atom is 0.326 e. The summed E-state index contributed by atoms with van der Waals surface area (Å²) in [6.07, 6.45) is 0.884. The normalized spacial score (nSPS) is 21.9. The molecule has 0 bridgehead atoms. The lowest BCUT2D eigenvalue weighted by molar-refractivity contribution is -0.140. The molecule has 1 saturated heterocycles. The van der Waals surface area contributed by atoms with Crippen molar-refractivity contribution in [1.82, 2.24) is 16.0 Å². The summed E-state index contributed by atoms with van der Waals surface area (Å²) in [5.41, 5.74) is 0. The van der Waals surface area contributed by atoms with Gasteiger partial charge in [-0.25, -0.2) is 9.59 Å². The van der Waals surface area contributed by atoms with Crippen LogP contribution in [0, 0.1) is 5.92 Å². The molecule has 1 aliphatic rings. The van der Waals surface area contributed by atoms with Gasteiger partial charge < -0.3 is 21.1 Å². The number of hydrogen-bond acceptors (Lipinski definition) is 3. The topological polar surface area (TPSA) is 108 Å². The van der Waals surface area contributed by atoms with Crippen molar-refractivity contribution in [2.75, 3.05) is 6.54 Å². The van der Waals surface area contributed by atoms with Crippen LogP contribution in [0.3, 0.4) is 0 Å². The predicted molar refractivity (Wildman–Crippen MR) is 64.0 cm³/mol. The van der Waals surface area contributed by atoms with Gasteiger partial charge in [-0.2, -0.15) is 0 Å². The number of carbonyl (C=O) groups is 3. The van der Waals surface area contributed by atoms with Crippen LogP contribution < -0.4 is 16.0 Å². The molecule has 0 aliphatic carbocycles. The van der Waals surface area contributed by atoms with Crippen LogP contribution in [0.1, 0.15) is 26.7 Å². The van der Waals surface area contributed by atoms with Crippen LogP contribution in [-0.4, -0.2) is 41.6 Å². The van der Waals surface area contributed by atoms with E-state index in [4.69, 9.17) is 5.11 Å². The zero-order valence-electron chi connectivity index (χ0n) is 10.5. The zero-order chi connectivity index (χ0) is 13.7. The van der Waals surface area contributed by atoms with Crippen LogP contribution in [0.4, 0.5) is 4.79 Å². The second-order valence-corrected chi connectivity index (χ2v) is 4.52. The molecule has 1 aliphatic heterocycles. The van der Waals surface area contributed by atoms with Crippen molar-refractivity contribution in [2.45, 2.75) is 38.8 Å². The Hall–Kier alpha value is -1.79. The first-order chi connectivity index (χ1) is 8.43. The average molecular weight is 257 g/mol. The molecule has 18 heavy (non-hydrogen) atoms. The largest absolute Gasteiger partial charge is 0.480 e. The molecule has 0 aromatic heterocycles. The number of amides is 3. The van der Waals surface area contributed by atoms with Gasteiger partial charge in [-0.15, -0.1) is 0 Å². The molecule has 0 aromatic rings. The Balaban J connectivity index is 2.46. The van der Waals surface area contributed by atoms with Crippen molar-refractivity contribution in [3.05, 3.63) is 0 Å². The highest BCUT2D eigenvalue weighted by Crippen LogP contribution is 2.08. The van der Waals surface area contributed by atoms with Gasteiger partial charge >= 0.3 is 12.0 Å². The average Bonchev–Trinajstić information content (AvgIpc) is 2.70. The van der Waals surface area contributed by atoms with Crippen molar-refractivity contribution in [3.63, 3.8) is 0 Å². The molecule has 0 aromatic carbocycles. The van der Waals surface area contributed by atoms with E-state index in [-0.39, 0.29) is 24.3 Å². The van der Waals surface area contributed by atoms with Crippen LogP contribution in [0.5, 0.6) is 0 Å². The van der Waals surface area contributed by atoms with Crippen molar-refractivity contribution >= 4 is 17.9 Å². The third kappa shape index (κ3) is 3.90. The number of carboxylic acids is 1. The summed E-state index contributed by atoms with van der Waals surface area (Å²) in [6.45, 7) is 4.01. The smallest absolute Gasteiger partial charge is 0.326 e. The van der Waals surface area contributed by atoms with Gasteiger partial charge in [0.05, 0.1) is 6.04 Å². The third-order valence-electron chi connectivity index (χ3n) is 3.08. The van der Waals surface area contributed by atoms with Gasteiger partial charge in [0, 0.05) is 13.0 Å². The summed E-state index contributed by atoms with van der Waals surface area (Å²) in [5.74, 6) is -1.33. The van der Waals surface area contributed by atoms with Gasteiger partial charge in [0.2, 0.25) is 5.91 Å². The monoisotopic (exact) mass is 257 g/mol. The Bertz CT molecular complexity index is 345. The first-order valence-corrected chi connectivity index (χ1v) is 6.00. The van der Waals surface area contributed by atoms with Crippen molar-refractivity contribution in [1.29, 1.82) is 0 Å². The number of urea groups is 1. The highest BCUT2D eigenvalue weighted by Gasteiger charge is 2.28. The standard InChI is InChI=1S/C11H19N3O4/c1-3-6(2)9(10(16)17)14-11(18)13-7-4-8(15)12-5-7/h6-7,9H,3-5H2,1-2H3,(H,12,15)(H,16,17)(H2,13,14,18)/t6-,7?,9-/m0/s1. The van der Waals surface area contributed by atoms with E-state index >= 15 is 0 Å². The van der Waals surface area contributed by atoms with Crippen LogP contribution in [-0.2, 0) is 9.59 Å². The molecule has 1 heterocycles. The van der Waals surface area contributed by atoms with Crippen LogP contribution in [0.15, 0.2) is 0 Å². The first kappa shape index (κ1) is 14.3. The SMILES string of the molecule is CC[C@H](C)[C@H](NC(=O)NC1CNC(=O)C1)C(=O)O. The van der Waals surface area contributed by atoms with E-state index in [9.17, 15) is 14.4 Å². The predicted octanol–water partition coefficient (Wildman–Crippen LogP) is -0.327. The number of hydrogen-bond donors (Lipinski definition) is 4. The lowest BCUT2D eigenvalue weighted by Gasteiger charge is -2.21. The van der Waals surface area contributed by atoms with E-state index in [1.54, 1.807) is 6.92 Å². The van der Waals surface area contributed by atoms with E-state index in [0.717, 1.165) is 0 Å². The summed E-state index contributed by atoms with van der Waals surface area (Å²) in [6, 6.07) is -1.74. The van der Waals surface area contributed by atoms with E-state index in [0.29, 0.717) is 13.0 Å². The van der Waals surface area contributed by atoms with Gasteiger partial charge in [0.15, 0.2) is 0 Å². The third-order valence-corrected chi connectivity index (χ3v) is 3.08. The summed E-state index contributed by atoms with van der Waals surface area (Å²) in [5, 5.41) is 16.6. The molecule has 7 heteroatoms. The number of carboxylic acid groups (broad SMARTS) is 1. The fraction of sp³-hybridized carbons (Fsp3) is 0.727. The Morgan fingerprint density at radius 1 is 1.56 bits per heavy atom. The van der Waals surface area contributed by atoms with Crippen molar-refractivity contribution < 1.29 is 19.5 Å². The number of carbonyl (C=O) groups excluding carboxylic acids is 2. The maximum absolute atomic E-state index is 11.6. The van der Waals surface area contributed by atoms with Gasteiger partial charge in [-0.1, -0.05) is 20.3 Å². The highest BCUT2D eigenvalue weighted by molar-refractivity contribution is 5.84. The van der Waals surface area contributed by atoms with Gasteiger partial charge in [0.1, 0.15) is 6.04 Å². The van der Waals surface area contributed by atoms with Crippen molar-refractivity contribution in [2.24, 2.45) is 5.92 Å². The number of rotatable bonds is 5. The Morgan fingerprint density at radius 2 is 2.22 bits per heavy atom. The molecular formula is C11H19N3O4. The van der Waals surface area contributed by atoms with Gasteiger partial charge in [-0.05, 0) is 5.92 Å². The van der Waals surface area contributed by atoms with Crippen LogP contribution in [0.2, 0.25) is 0 Å². The highest BCUT2D eigenvalue weighted by atomic mass is 16.4. The van der Waals surface area contributed by atoms with E-state index in [2.05, 4.69) is 16.0 Å². The number of nitrogens with one attached hydrogen (secondary N) is 3. The fourth-order valence-electron chi connectivity index (χ4n) is 1.76. The Labute approximate surface area is 105 Å². The quantitative estimate of drug-likeness (QED) is 0.541. The second-order valence-electron chi connectivity index (χ2n) is 4.52. The van der Waals surface area contributed by atoms with E-state index in [1.165, 1.54) is 0 Å². The fourth-order valence-corrected chi connectivity index (χ4v) is 1.76. The lowest BCUT2D eigenvalue weighted by Crippen LogP contribution is -2.51. The minimum Gasteiger partial charge on any atom is -0.480 e. The molecule has 102 valence electrons. The first-order valence-electron chi connectivity index (χ1n) is 6.00. The minimum atomic E-state index is -1.06. The second kappa shape index (κ2) is 6.23. The molecule has 0 spiro atoms. The molecule has 3 atom stereocenters. The summed E-state index contributed by atoms with van der Waals surface area (Å²) in [7, 11) is 0. The maximum atomic E-state index is 11.6. The zero-order valence-corrected chi connectivity index (χ0v) is 10.5. The summed E-state index contributed by atoms with van der Waals surface area (Å²) in [4.78, 5) is 33.6. The molecule has 1 fully saturated rings. The molecule has 1 rings (SSSR count). The molecule has 3 amide bonds. The molecule has 7 nitrogen and oxygen atoms in total. The molecule has 0 saturated carbocycles. The summed E-state index contributed by atoms with van der Waals surface area (Å²) < 4.78 is 0. The van der Waals surface area contributed by atoms with Crippen LogP contribution >= 0.6 is 0 Å². The molecule has 0 radical (unpaired) electrons. The molecular weight excluding hydrogens is 238 g/mol. The summed E-state index contributed by atoms with van der Waals surface area (Å²) >= 11 is 0. The lowest BCUT2D eigenvalue weighted by atomic mass is 9.99. The molecule has 1 unspecified atom stereocenters. The van der Waals surface area contributed by atoms with E-state index < -0.39 is 18.0 Å².